The number of nitrogens with one attached hydrogen (secondary N) is 2. The van der Waals surface area contributed by atoms with E-state index in [1.54, 1.807) is 12.2 Å². The molecule has 1 heterocycles. The standard InChI is InChI=1S/C15H18N2O3/c1-15(2)8-3-4-10(7-9-15)13(19)16-11-5-6-12(18)17-14(11)20/h3-4,7-9,11H,5-6H2,1-2H3,(H,16,19)(H,17,18,20). The number of carbonyl (C=O) groups excluding carboxylic acids is 3. The molecule has 106 valence electrons. The summed E-state index contributed by atoms with van der Waals surface area (Å²) in [6.07, 6.45) is 9.82. The number of amides is 3. The van der Waals surface area contributed by atoms with Crippen molar-refractivity contribution in [2.45, 2.75) is 32.7 Å². The average molecular weight is 274 g/mol. The van der Waals surface area contributed by atoms with E-state index in [1.807, 2.05) is 32.1 Å². The van der Waals surface area contributed by atoms with E-state index in [0.717, 1.165) is 0 Å². The number of carbonyl (C=O) groups is 3. The van der Waals surface area contributed by atoms with E-state index < -0.39 is 11.9 Å². The number of allylic oxidation sites excluding steroid dienone is 4. The molecule has 1 atom stereocenters. The van der Waals surface area contributed by atoms with Crippen molar-refractivity contribution < 1.29 is 14.4 Å². The molecular weight excluding hydrogens is 256 g/mol. The highest BCUT2D eigenvalue weighted by atomic mass is 16.2. The molecule has 2 aliphatic rings. The lowest BCUT2D eigenvalue weighted by atomic mass is 9.93. The van der Waals surface area contributed by atoms with E-state index in [-0.39, 0.29) is 23.7 Å². The maximum atomic E-state index is 12.1. The first-order valence-corrected chi connectivity index (χ1v) is 6.61. The smallest absolute Gasteiger partial charge is 0.251 e. The van der Waals surface area contributed by atoms with Gasteiger partial charge in [-0.05, 0) is 12.5 Å². The van der Waals surface area contributed by atoms with Crippen LogP contribution in [-0.2, 0) is 14.4 Å². The maximum absolute atomic E-state index is 12.1. The second kappa shape index (κ2) is 5.45. The molecule has 0 radical (unpaired) electrons. The third-order valence-electron chi connectivity index (χ3n) is 3.30. The molecule has 1 aliphatic carbocycles. The SMILES string of the molecule is CC1(C)C=CC=C(C(=O)NC2CCC(=O)NC2=O)C=C1. The third-order valence-corrected chi connectivity index (χ3v) is 3.30. The number of rotatable bonds is 2. The summed E-state index contributed by atoms with van der Waals surface area (Å²) in [7, 11) is 0. The molecule has 0 saturated carbocycles. The largest absolute Gasteiger partial charge is 0.340 e. The van der Waals surface area contributed by atoms with Crippen LogP contribution in [-0.4, -0.2) is 23.8 Å². The van der Waals surface area contributed by atoms with Gasteiger partial charge in [0.25, 0.3) is 5.91 Å². The van der Waals surface area contributed by atoms with Gasteiger partial charge in [0.2, 0.25) is 11.8 Å². The molecule has 1 unspecified atom stereocenters. The maximum Gasteiger partial charge on any atom is 0.251 e. The van der Waals surface area contributed by atoms with Crippen molar-refractivity contribution in [1.82, 2.24) is 10.6 Å². The van der Waals surface area contributed by atoms with Crippen molar-refractivity contribution in [3.8, 4) is 0 Å². The minimum atomic E-state index is -0.644. The predicted octanol–water partition coefficient (Wildman–Crippen LogP) is 0.986. The fourth-order valence-corrected chi connectivity index (χ4v) is 2.04. The first kappa shape index (κ1) is 14.2. The molecule has 1 aliphatic heterocycles. The van der Waals surface area contributed by atoms with Gasteiger partial charge in [0.15, 0.2) is 0 Å². The summed E-state index contributed by atoms with van der Waals surface area (Å²) in [5.74, 6) is -1.04. The van der Waals surface area contributed by atoms with Gasteiger partial charge in [0, 0.05) is 17.4 Å². The van der Waals surface area contributed by atoms with Gasteiger partial charge in [-0.25, -0.2) is 0 Å². The first-order valence-electron chi connectivity index (χ1n) is 6.61. The Bertz CT molecular complexity index is 541. The molecular formula is C15H18N2O3. The summed E-state index contributed by atoms with van der Waals surface area (Å²) in [4.78, 5) is 34.8. The Morgan fingerprint density at radius 3 is 2.80 bits per heavy atom. The van der Waals surface area contributed by atoms with Gasteiger partial charge in [-0.3, -0.25) is 19.7 Å². The van der Waals surface area contributed by atoms with Crippen molar-refractivity contribution >= 4 is 17.7 Å². The van der Waals surface area contributed by atoms with Gasteiger partial charge < -0.3 is 5.32 Å². The molecule has 2 rings (SSSR count). The monoisotopic (exact) mass is 274 g/mol. The highest BCUT2D eigenvalue weighted by molar-refractivity contribution is 6.04. The number of piperidine rings is 1. The zero-order chi connectivity index (χ0) is 14.8. The van der Waals surface area contributed by atoms with E-state index in [4.69, 9.17) is 0 Å². The second-order valence-corrected chi connectivity index (χ2v) is 5.61. The van der Waals surface area contributed by atoms with Crippen LogP contribution >= 0.6 is 0 Å². The van der Waals surface area contributed by atoms with Crippen molar-refractivity contribution in [2.75, 3.05) is 0 Å². The van der Waals surface area contributed by atoms with Gasteiger partial charge >= 0.3 is 0 Å². The molecule has 1 saturated heterocycles. The van der Waals surface area contributed by atoms with Crippen LogP contribution in [0.3, 0.4) is 0 Å². The quantitative estimate of drug-likeness (QED) is 0.737. The predicted molar refractivity (Wildman–Crippen MR) is 74.5 cm³/mol. The van der Waals surface area contributed by atoms with E-state index in [1.165, 1.54) is 0 Å². The molecule has 1 fully saturated rings. The molecule has 0 aromatic carbocycles. The lowest BCUT2D eigenvalue weighted by molar-refractivity contribution is -0.136. The number of imide groups is 1. The van der Waals surface area contributed by atoms with Crippen LogP contribution in [0.4, 0.5) is 0 Å². The van der Waals surface area contributed by atoms with Crippen molar-refractivity contribution in [1.29, 1.82) is 0 Å². The van der Waals surface area contributed by atoms with Crippen LogP contribution in [0.15, 0.2) is 36.0 Å². The van der Waals surface area contributed by atoms with Crippen LogP contribution in [0.1, 0.15) is 26.7 Å². The molecule has 5 nitrogen and oxygen atoms in total. The Kier molecular flexibility index (Phi) is 3.88. The normalized spacial score (nSPS) is 24.7. The van der Waals surface area contributed by atoms with Crippen molar-refractivity contribution in [2.24, 2.45) is 5.41 Å². The summed E-state index contributed by atoms with van der Waals surface area (Å²) >= 11 is 0. The van der Waals surface area contributed by atoms with Crippen LogP contribution in [0, 0.1) is 5.41 Å². The molecule has 20 heavy (non-hydrogen) atoms. The molecule has 0 aromatic heterocycles. The van der Waals surface area contributed by atoms with E-state index in [9.17, 15) is 14.4 Å². The summed E-state index contributed by atoms with van der Waals surface area (Å²) in [6.45, 7) is 4.07. The van der Waals surface area contributed by atoms with Crippen molar-refractivity contribution in [3.63, 3.8) is 0 Å². The zero-order valence-electron chi connectivity index (χ0n) is 11.6. The van der Waals surface area contributed by atoms with Crippen molar-refractivity contribution in [3.05, 3.63) is 36.0 Å². The van der Waals surface area contributed by atoms with E-state index in [0.29, 0.717) is 12.0 Å². The molecule has 3 amide bonds. The zero-order valence-corrected chi connectivity index (χ0v) is 11.6. The van der Waals surface area contributed by atoms with Gasteiger partial charge in [-0.1, -0.05) is 38.2 Å². The topological polar surface area (TPSA) is 75.3 Å². The summed E-state index contributed by atoms with van der Waals surface area (Å²) < 4.78 is 0. The van der Waals surface area contributed by atoms with Gasteiger partial charge in [0.1, 0.15) is 6.04 Å². The number of hydrogen-bond donors (Lipinski definition) is 2. The Hall–Kier alpha value is -2.17. The van der Waals surface area contributed by atoms with Crippen LogP contribution in [0.2, 0.25) is 0 Å². The third kappa shape index (κ3) is 3.44. The fraction of sp³-hybridized carbons (Fsp3) is 0.400. The minimum Gasteiger partial charge on any atom is -0.340 e. The number of hydrogen-bond acceptors (Lipinski definition) is 3. The summed E-state index contributed by atoms with van der Waals surface area (Å²) in [5, 5.41) is 4.88. The van der Waals surface area contributed by atoms with Gasteiger partial charge in [-0.2, -0.15) is 0 Å². The fourth-order valence-electron chi connectivity index (χ4n) is 2.04. The highest BCUT2D eigenvalue weighted by Crippen LogP contribution is 2.22. The molecule has 2 N–H and O–H groups in total. The van der Waals surface area contributed by atoms with Gasteiger partial charge in [-0.15, -0.1) is 0 Å². The molecule has 0 spiro atoms. The summed E-state index contributed by atoms with van der Waals surface area (Å²) in [6, 6.07) is -0.644. The Morgan fingerprint density at radius 1 is 1.35 bits per heavy atom. The lowest BCUT2D eigenvalue weighted by Gasteiger charge is -2.21. The van der Waals surface area contributed by atoms with E-state index in [2.05, 4.69) is 10.6 Å². The van der Waals surface area contributed by atoms with Crippen LogP contribution in [0.25, 0.3) is 0 Å². The Balaban J connectivity index is 2.02. The Morgan fingerprint density at radius 2 is 2.10 bits per heavy atom. The highest BCUT2D eigenvalue weighted by Gasteiger charge is 2.28. The molecule has 0 bridgehead atoms. The van der Waals surface area contributed by atoms with Crippen LogP contribution in [0.5, 0.6) is 0 Å². The van der Waals surface area contributed by atoms with Gasteiger partial charge in [0.05, 0.1) is 0 Å². The summed E-state index contributed by atoms with van der Waals surface area (Å²) in [5.41, 5.74) is 0.393. The molecule has 5 heteroatoms. The van der Waals surface area contributed by atoms with Crippen LogP contribution < -0.4 is 10.6 Å². The average Bonchev–Trinajstić information content (AvgIpc) is 2.54. The lowest BCUT2D eigenvalue weighted by Crippen LogP contribution is -2.52. The molecule has 0 aromatic rings. The Labute approximate surface area is 117 Å². The van der Waals surface area contributed by atoms with E-state index >= 15 is 0 Å². The second-order valence-electron chi connectivity index (χ2n) is 5.61. The minimum absolute atomic E-state index is 0.104. The first-order chi connectivity index (χ1) is 9.37.